The Balaban J connectivity index is 1.62. The lowest BCUT2D eigenvalue weighted by molar-refractivity contribution is -0.141. The number of carbonyl (C=O) groups excluding carboxylic acids is 1. The van der Waals surface area contributed by atoms with Crippen molar-refractivity contribution < 1.29 is 43.9 Å². The van der Waals surface area contributed by atoms with Crippen molar-refractivity contribution in [1.29, 1.82) is 0 Å². The van der Waals surface area contributed by atoms with Crippen molar-refractivity contribution >= 4 is 33.4 Å². The summed E-state index contributed by atoms with van der Waals surface area (Å²) in [7, 11) is -3.82. The molecule has 4 rings (SSSR count). The molecule has 1 atom stereocenters. The van der Waals surface area contributed by atoms with Crippen LogP contribution in [-0.2, 0) is 40.1 Å². The fraction of sp³-hybridized carbons (Fsp3) is 0.400. The number of pyridine rings is 1. The predicted octanol–water partition coefficient (Wildman–Crippen LogP) is 7.70. The second-order valence-electron chi connectivity index (χ2n) is 10.8. The number of aromatic nitrogens is 1. The molecule has 15 heteroatoms. The Morgan fingerprint density at radius 2 is 1.62 bits per heavy atom. The van der Waals surface area contributed by atoms with Gasteiger partial charge in [-0.15, -0.1) is 11.8 Å². The molecule has 6 nitrogen and oxygen atoms in total. The van der Waals surface area contributed by atoms with Gasteiger partial charge in [-0.25, -0.2) is 17.8 Å². The molecule has 244 valence electrons. The van der Waals surface area contributed by atoms with Gasteiger partial charge in [-0.3, -0.25) is 9.52 Å². The Kier molecular flexibility index (Phi) is 10.7. The molecule has 0 spiro atoms. The molecule has 1 aromatic heterocycles. The zero-order valence-corrected chi connectivity index (χ0v) is 25.6. The molecule has 0 saturated heterocycles. The van der Waals surface area contributed by atoms with Gasteiger partial charge in [0.25, 0.3) is 0 Å². The molecule has 3 aromatic rings. The largest absolute Gasteiger partial charge is 0.433 e. The minimum atomic E-state index is -4.67. The van der Waals surface area contributed by atoms with Crippen LogP contribution < -0.4 is 10.0 Å². The van der Waals surface area contributed by atoms with Crippen molar-refractivity contribution in [2.45, 2.75) is 73.6 Å². The highest BCUT2D eigenvalue weighted by molar-refractivity contribution is 7.99. The van der Waals surface area contributed by atoms with E-state index >= 15 is 0 Å². The second kappa shape index (κ2) is 14.0. The highest BCUT2D eigenvalue weighted by atomic mass is 32.2. The molecular formula is C30H30F7N3O3S2. The van der Waals surface area contributed by atoms with Crippen LogP contribution in [-0.4, -0.2) is 30.8 Å². The van der Waals surface area contributed by atoms with Crippen LogP contribution in [0.3, 0.4) is 0 Å². The first-order chi connectivity index (χ1) is 21.0. The average Bonchev–Trinajstić information content (AvgIpc) is 2.95. The quantitative estimate of drug-likeness (QED) is 0.215. The van der Waals surface area contributed by atoms with Gasteiger partial charge in [0.15, 0.2) is 0 Å². The number of alkyl halides is 6. The molecule has 1 amide bonds. The summed E-state index contributed by atoms with van der Waals surface area (Å²) in [6, 6.07) is 9.56. The Morgan fingerprint density at radius 1 is 0.956 bits per heavy atom. The van der Waals surface area contributed by atoms with E-state index in [1.54, 1.807) is 0 Å². The predicted molar refractivity (Wildman–Crippen MR) is 157 cm³/mol. The number of nitrogens with zero attached hydrogens (tertiary/aromatic N) is 1. The highest BCUT2D eigenvalue weighted by Gasteiger charge is 2.34. The molecule has 2 N–H and O–H groups in total. The minimum absolute atomic E-state index is 0.0682. The molecule has 1 unspecified atom stereocenters. The van der Waals surface area contributed by atoms with Gasteiger partial charge in [0.1, 0.15) is 16.5 Å². The van der Waals surface area contributed by atoms with Gasteiger partial charge in [-0.2, -0.15) is 26.3 Å². The third kappa shape index (κ3) is 9.83. The van der Waals surface area contributed by atoms with E-state index in [-0.39, 0.29) is 34.5 Å². The van der Waals surface area contributed by atoms with Crippen molar-refractivity contribution in [2.24, 2.45) is 0 Å². The van der Waals surface area contributed by atoms with Crippen LogP contribution in [0.25, 0.3) is 0 Å². The smallest absolute Gasteiger partial charge is 0.351 e. The fourth-order valence-electron chi connectivity index (χ4n) is 4.97. The van der Waals surface area contributed by atoms with Crippen LogP contribution in [0.1, 0.15) is 66.0 Å². The Hall–Kier alpha value is -3.33. The average molecular weight is 678 g/mol. The van der Waals surface area contributed by atoms with Gasteiger partial charge in [0.05, 0.1) is 23.4 Å². The molecule has 0 radical (unpaired) electrons. The molecule has 1 aliphatic rings. The van der Waals surface area contributed by atoms with Gasteiger partial charge in [0.2, 0.25) is 15.9 Å². The number of nitrogens with one attached hydrogen (secondary N) is 2. The molecule has 1 aliphatic carbocycles. The van der Waals surface area contributed by atoms with Crippen LogP contribution in [0.5, 0.6) is 0 Å². The third-order valence-corrected chi connectivity index (χ3v) is 9.21. The maximum absolute atomic E-state index is 14.9. The topological polar surface area (TPSA) is 88.2 Å². The Labute approximate surface area is 260 Å². The number of hydrogen-bond acceptors (Lipinski definition) is 5. The lowest BCUT2D eigenvalue weighted by Gasteiger charge is -2.23. The lowest BCUT2D eigenvalue weighted by Crippen LogP contribution is -2.31. The monoisotopic (exact) mass is 677 g/mol. The Morgan fingerprint density at radius 3 is 2.20 bits per heavy atom. The van der Waals surface area contributed by atoms with Gasteiger partial charge in [-0.05, 0) is 60.7 Å². The molecule has 0 aliphatic heterocycles. The SMILES string of the molecule is CS(=O)(=O)Nc1ccc(C(Cc2ccc(C(F)(F)F)cc2)C(=O)NCc2ccc(C(F)(F)F)nc2SC2CCCCC2)cc1F. The summed E-state index contributed by atoms with van der Waals surface area (Å²) in [6.45, 7) is -0.210. The van der Waals surface area contributed by atoms with Crippen LogP contribution in [0.15, 0.2) is 59.6 Å². The summed E-state index contributed by atoms with van der Waals surface area (Å²) in [5.74, 6) is -2.81. The second-order valence-corrected chi connectivity index (χ2v) is 13.9. The lowest BCUT2D eigenvalue weighted by atomic mass is 9.90. The van der Waals surface area contributed by atoms with Crippen LogP contribution in [0.4, 0.5) is 36.4 Å². The molecule has 1 heterocycles. The van der Waals surface area contributed by atoms with Crippen molar-refractivity contribution in [3.8, 4) is 0 Å². The van der Waals surface area contributed by atoms with Crippen LogP contribution in [0.2, 0.25) is 0 Å². The van der Waals surface area contributed by atoms with Crippen molar-refractivity contribution in [1.82, 2.24) is 10.3 Å². The molecule has 1 saturated carbocycles. The maximum Gasteiger partial charge on any atom is 0.433 e. The number of hydrogen-bond donors (Lipinski definition) is 2. The van der Waals surface area contributed by atoms with E-state index in [0.717, 1.165) is 68.7 Å². The molecule has 45 heavy (non-hydrogen) atoms. The van der Waals surface area contributed by atoms with Crippen LogP contribution in [0, 0.1) is 5.82 Å². The number of rotatable bonds is 10. The summed E-state index contributed by atoms with van der Waals surface area (Å²) < 4.78 is 120. The Bertz CT molecular complexity index is 1610. The van der Waals surface area contributed by atoms with E-state index < -0.39 is 51.3 Å². The van der Waals surface area contributed by atoms with Gasteiger partial charge in [-0.1, -0.05) is 43.5 Å². The van der Waals surface area contributed by atoms with Gasteiger partial charge in [0, 0.05) is 17.4 Å². The number of carbonyl (C=O) groups is 1. The number of anilines is 1. The zero-order valence-electron chi connectivity index (χ0n) is 23.9. The standard InChI is InChI=1S/C30H30F7N3O3S2/c1-45(42,43)40-25-13-9-19(16-24(25)31)23(15-18-7-11-21(12-8-18)29(32,33)34)27(41)38-17-20-10-14-26(30(35,36)37)39-28(20)44-22-5-3-2-4-6-22/h7-14,16,22-23,40H,2-6,15,17H2,1H3,(H,38,41). The highest BCUT2D eigenvalue weighted by Crippen LogP contribution is 2.37. The van der Waals surface area contributed by atoms with Crippen molar-refractivity contribution in [3.63, 3.8) is 0 Å². The zero-order chi connectivity index (χ0) is 33.0. The summed E-state index contributed by atoms with van der Waals surface area (Å²) >= 11 is 1.23. The first kappa shape index (κ1) is 34.5. The third-order valence-electron chi connectivity index (χ3n) is 7.24. The van der Waals surface area contributed by atoms with E-state index in [4.69, 9.17) is 0 Å². The van der Waals surface area contributed by atoms with Gasteiger partial charge >= 0.3 is 12.4 Å². The first-order valence-corrected chi connectivity index (χ1v) is 16.7. The first-order valence-electron chi connectivity index (χ1n) is 13.9. The number of thioether (sulfide) groups is 1. The van der Waals surface area contributed by atoms with Gasteiger partial charge < -0.3 is 5.32 Å². The number of amides is 1. The summed E-state index contributed by atoms with van der Waals surface area (Å²) in [5.41, 5.74) is -1.55. The number of sulfonamides is 1. The van der Waals surface area contributed by atoms with Crippen molar-refractivity contribution in [2.75, 3.05) is 11.0 Å². The van der Waals surface area contributed by atoms with E-state index in [1.165, 1.54) is 36.0 Å². The number of benzene rings is 2. The fourth-order valence-corrected chi connectivity index (χ4v) is 6.86. The molecule has 0 bridgehead atoms. The summed E-state index contributed by atoms with van der Waals surface area (Å²) in [6.07, 6.45) is -3.99. The molecule has 1 fully saturated rings. The van der Waals surface area contributed by atoms with Crippen LogP contribution >= 0.6 is 11.8 Å². The minimum Gasteiger partial charge on any atom is -0.351 e. The summed E-state index contributed by atoms with van der Waals surface area (Å²) in [4.78, 5) is 17.4. The summed E-state index contributed by atoms with van der Waals surface area (Å²) in [5, 5.41) is 2.88. The van der Waals surface area contributed by atoms with E-state index in [9.17, 15) is 43.9 Å². The molecule has 2 aromatic carbocycles. The molecular weight excluding hydrogens is 647 g/mol. The normalized spacial score (nSPS) is 15.5. The van der Waals surface area contributed by atoms with E-state index in [2.05, 4.69) is 10.3 Å². The maximum atomic E-state index is 14.9. The van der Waals surface area contributed by atoms with Crippen molar-refractivity contribution in [3.05, 3.63) is 88.4 Å². The number of halogens is 7. The van der Waals surface area contributed by atoms with E-state index in [1.807, 2.05) is 4.72 Å². The van der Waals surface area contributed by atoms with E-state index in [0.29, 0.717) is 11.1 Å².